The number of ether oxygens (including phenoxy) is 4. The standard InChI is InChI=1S/C53H99NO8/c1-6-8-10-12-14-16-18-20-22-24-26-28-30-32-34-36-38-40-42-44-51(56)62-49(48-61-53(52(57)58)59-46-45-54(3,4)5)47-60-50(55)43-41-39-37-35-33-31-29-27-25-23-21-19-17-15-13-11-9-7-2/h14,16,20,22,49,53H,6-13,15,17-19,21,23-48H2,1-5H3/b16-14-,22-20-. The van der Waals surface area contributed by atoms with Crippen LogP contribution in [-0.2, 0) is 33.3 Å². The molecule has 2 unspecified atom stereocenters. The summed E-state index contributed by atoms with van der Waals surface area (Å²) in [5.41, 5.74) is 0. The first-order valence-corrected chi connectivity index (χ1v) is 26.0. The molecule has 2 atom stereocenters. The van der Waals surface area contributed by atoms with Crippen LogP contribution in [0.25, 0.3) is 0 Å². The van der Waals surface area contributed by atoms with E-state index in [1.54, 1.807) is 0 Å². The molecule has 0 fully saturated rings. The molecule has 9 nitrogen and oxygen atoms in total. The summed E-state index contributed by atoms with van der Waals surface area (Å²) in [7, 11) is 5.92. The summed E-state index contributed by atoms with van der Waals surface area (Å²) < 4.78 is 22.6. The monoisotopic (exact) mass is 878 g/mol. The van der Waals surface area contributed by atoms with Crippen LogP contribution in [-0.4, -0.2) is 82.3 Å². The van der Waals surface area contributed by atoms with Crippen LogP contribution in [0.1, 0.15) is 239 Å². The minimum Gasteiger partial charge on any atom is -0.545 e. The molecule has 62 heavy (non-hydrogen) atoms. The van der Waals surface area contributed by atoms with Crippen molar-refractivity contribution < 1.29 is 42.9 Å². The minimum atomic E-state index is -1.62. The summed E-state index contributed by atoms with van der Waals surface area (Å²) in [6, 6.07) is 0. The Hall–Kier alpha value is -2.23. The smallest absolute Gasteiger partial charge is 0.306 e. The average Bonchev–Trinajstić information content (AvgIpc) is 3.23. The van der Waals surface area contributed by atoms with E-state index in [4.69, 9.17) is 18.9 Å². The van der Waals surface area contributed by atoms with Crippen LogP contribution in [0, 0.1) is 0 Å². The molecule has 0 aromatic rings. The first kappa shape index (κ1) is 59.8. The Morgan fingerprint density at radius 3 is 1.31 bits per heavy atom. The van der Waals surface area contributed by atoms with Crippen LogP contribution in [0.15, 0.2) is 24.3 Å². The van der Waals surface area contributed by atoms with Gasteiger partial charge in [-0.15, -0.1) is 0 Å². The molecular formula is C53H99NO8. The molecule has 0 saturated carbocycles. The van der Waals surface area contributed by atoms with Crippen LogP contribution in [0.2, 0.25) is 0 Å². The topological polar surface area (TPSA) is 111 Å². The van der Waals surface area contributed by atoms with Gasteiger partial charge in [-0.2, -0.15) is 0 Å². The molecule has 9 heteroatoms. The number of likely N-dealkylation sites (N-methyl/N-ethyl adjacent to an activating group) is 1. The van der Waals surface area contributed by atoms with E-state index in [0.29, 0.717) is 23.9 Å². The second-order valence-electron chi connectivity index (χ2n) is 18.8. The summed E-state index contributed by atoms with van der Waals surface area (Å²) >= 11 is 0. The Bertz CT molecular complexity index is 1070. The third-order valence-electron chi connectivity index (χ3n) is 11.5. The number of nitrogens with zero attached hydrogens (tertiary/aromatic N) is 1. The highest BCUT2D eigenvalue weighted by Gasteiger charge is 2.22. The average molecular weight is 878 g/mol. The van der Waals surface area contributed by atoms with E-state index in [1.807, 2.05) is 21.1 Å². The number of carboxylic acids is 1. The van der Waals surface area contributed by atoms with Gasteiger partial charge in [0, 0.05) is 12.8 Å². The largest absolute Gasteiger partial charge is 0.545 e. The van der Waals surface area contributed by atoms with Crippen LogP contribution < -0.4 is 5.11 Å². The molecule has 0 aliphatic rings. The van der Waals surface area contributed by atoms with Crippen molar-refractivity contribution in [2.24, 2.45) is 0 Å². The molecule has 0 N–H and O–H groups in total. The molecule has 0 aromatic carbocycles. The van der Waals surface area contributed by atoms with E-state index in [-0.39, 0.29) is 32.2 Å². The Labute approximate surface area is 382 Å². The van der Waals surface area contributed by atoms with Crippen molar-refractivity contribution in [1.82, 2.24) is 0 Å². The van der Waals surface area contributed by atoms with Gasteiger partial charge < -0.3 is 33.3 Å². The van der Waals surface area contributed by atoms with Crippen LogP contribution in [0.5, 0.6) is 0 Å². The summed E-state index contributed by atoms with van der Waals surface area (Å²) in [6.07, 6.45) is 47.7. The van der Waals surface area contributed by atoms with Gasteiger partial charge in [-0.3, -0.25) is 9.59 Å². The molecule has 0 aliphatic carbocycles. The third-order valence-corrected chi connectivity index (χ3v) is 11.5. The SMILES string of the molecule is CCCCC/C=C\C/C=C\CCCCCCCCCCCC(=O)OC(COC(=O)CCCCCCCCCCCCCCCCCCCC)COC(OCC[N+](C)(C)C)C(=O)[O-]. The molecule has 0 saturated heterocycles. The lowest BCUT2D eigenvalue weighted by atomic mass is 10.0. The van der Waals surface area contributed by atoms with E-state index in [2.05, 4.69) is 38.2 Å². The predicted octanol–water partition coefficient (Wildman–Crippen LogP) is 13.1. The Morgan fingerprint density at radius 1 is 0.484 bits per heavy atom. The lowest BCUT2D eigenvalue weighted by Crippen LogP contribution is -2.44. The van der Waals surface area contributed by atoms with Crippen molar-refractivity contribution in [3.63, 3.8) is 0 Å². The highest BCUT2D eigenvalue weighted by atomic mass is 16.7. The van der Waals surface area contributed by atoms with E-state index in [0.717, 1.165) is 51.4 Å². The van der Waals surface area contributed by atoms with Crippen LogP contribution >= 0.6 is 0 Å². The number of quaternary nitrogens is 1. The molecule has 0 amide bonds. The van der Waals surface area contributed by atoms with Crippen LogP contribution in [0.4, 0.5) is 0 Å². The fraction of sp³-hybridized carbons (Fsp3) is 0.868. The lowest BCUT2D eigenvalue weighted by Gasteiger charge is -2.26. The number of allylic oxidation sites excluding steroid dienone is 4. The van der Waals surface area contributed by atoms with Crippen molar-refractivity contribution in [2.45, 2.75) is 251 Å². The molecule has 364 valence electrons. The van der Waals surface area contributed by atoms with Gasteiger partial charge in [-0.25, -0.2) is 0 Å². The maximum Gasteiger partial charge on any atom is 0.306 e. The number of hydrogen-bond donors (Lipinski definition) is 0. The maximum absolute atomic E-state index is 12.8. The quantitative estimate of drug-likeness (QED) is 0.0195. The van der Waals surface area contributed by atoms with Gasteiger partial charge in [-0.05, 0) is 44.9 Å². The van der Waals surface area contributed by atoms with Crippen molar-refractivity contribution in [3.8, 4) is 0 Å². The lowest BCUT2D eigenvalue weighted by molar-refractivity contribution is -0.870. The second kappa shape index (κ2) is 45.3. The molecule has 0 aromatic heterocycles. The molecule has 0 rings (SSSR count). The van der Waals surface area contributed by atoms with E-state index in [1.165, 1.54) is 154 Å². The first-order valence-electron chi connectivity index (χ1n) is 26.0. The summed E-state index contributed by atoms with van der Waals surface area (Å²) in [4.78, 5) is 37.1. The zero-order chi connectivity index (χ0) is 45.6. The van der Waals surface area contributed by atoms with Gasteiger partial charge in [0.2, 0.25) is 0 Å². The van der Waals surface area contributed by atoms with E-state index >= 15 is 0 Å². The van der Waals surface area contributed by atoms with Crippen molar-refractivity contribution in [1.29, 1.82) is 0 Å². The number of carboxylic acid groups (broad SMARTS) is 1. The molecular weight excluding hydrogens is 779 g/mol. The maximum atomic E-state index is 12.8. The van der Waals surface area contributed by atoms with Crippen molar-refractivity contribution >= 4 is 17.9 Å². The Balaban J connectivity index is 4.32. The zero-order valence-corrected chi connectivity index (χ0v) is 41.3. The van der Waals surface area contributed by atoms with Gasteiger partial charge in [0.15, 0.2) is 12.4 Å². The van der Waals surface area contributed by atoms with E-state index in [9.17, 15) is 19.5 Å². The highest BCUT2D eigenvalue weighted by molar-refractivity contribution is 5.70. The molecule has 0 heterocycles. The predicted molar refractivity (Wildman–Crippen MR) is 256 cm³/mol. The van der Waals surface area contributed by atoms with Crippen molar-refractivity contribution in [3.05, 3.63) is 24.3 Å². The first-order chi connectivity index (χ1) is 30.1. The third kappa shape index (κ3) is 45.8. The number of aliphatic carboxylic acids is 1. The molecule has 0 aliphatic heterocycles. The Morgan fingerprint density at radius 2 is 0.871 bits per heavy atom. The summed E-state index contributed by atoms with van der Waals surface area (Å²) in [6.45, 7) is 4.75. The molecule has 0 radical (unpaired) electrons. The number of esters is 2. The second-order valence-corrected chi connectivity index (χ2v) is 18.8. The molecule has 0 bridgehead atoms. The van der Waals surface area contributed by atoms with Gasteiger partial charge in [0.1, 0.15) is 13.2 Å². The van der Waals surface area contributed by atoms with Crippen LogP contribution in [0.3, 0.4) is 0 Å². The normalized spacial score (nSPS) is 13.0. The number of carbonyl (C=O) groups is 3. The summed E-state index contributed by atoms with van der Waals surface area (Å²) in [5, 5.41) is 11.7. The Kier molecular flexibility index (Phi) is 43.7. The minimum absolute atomic E-state index is 0.149. The number of hydrogen-bond acceptors (Lipinski definition) is 8. The van der Waals surface area contributed by atoms with E-state index < -0.39 is 24.3 Å². The van der Waals surface area contributed by atoms with Gasteiger partial charge >= 0.3 is 11.9 Å². The number of unbranched alkanes of at least 4 members (excludes halogenated alkanes) is 29. The fourth-order valence-corrected chi connectivity index (χ4v) is 7.39. The van der Waals surface area contributed by atoms with Gasteiger partial charge in [-0.1, -0.05) is 205 Å². The molecule has 0 spiro atoms. The van der Waals surface area contributed by atoms with Gasteiger partial charge in [0.05, 0.1) is 40.3 Å². The van der Waals surface area contributed by atoms with Crippen molar-refractivity contribution in [2.75, 3.05) is 47.5 Å². The number of carbonyl (C=O) groups excluding carboxylic acids is 3. The fourth-order valence-electron chi connectivity index (χ4n) is 7.39. The zero-order valence-electron chi connectivity index (χ0n) is 41.3. The summed E-state index contributed by atoms with van der Waals surface area (Å²) in [5.74, 6) is -2.27. The van der Waals surface area contributed by atoms with Gasteiger partial charge in [0.25, 0.3) is 0 Å². The number of rotatable bonds is 48. The highest BCUT2D eigenvalue weighted by Crippen LogP contribution is 2.16.